The molecular formula is C25H36N6O7. The Kier molecular flexibility index (Phi) is 11.2. The number of carbonyl (C=O) groups excluding carboxylic acids is 4. The highest BCUT2D eigenvalue weighted by molar-refractivity contribution is 5.95. The quantitative estimate of drug-likeness (QED) is 0.140. The molecule has 0 fully saturated rings. The number of carboxylic acid groups (broad SMARTS) is 1. The summed E-state index contributed by atoms with van der Waals surface area (Å²) in [7, 11) is 0. The number of para-hydroxylation sites is 1. The van der Waals surface area contributed by atoms with Gasteiger partial charge in [0.1, 0.15) is 18.1 Å². The molecule has 2 aromatic rings. The minimum atomic E-state index is -1.57. The van der Waals surface area contributed by atoms with E-state index in [1.54, 1.807) is 6.20 Å². The molecule has 1 aromatic carbocycles. The molecule has 0 aliphatic rings. The first-order valence-electron chi connectivity index (χ1n) is 12.3. The number of rotatable bonds is 15. The third-order valence-corrected chi connectivity index (χ3v) is 5.91. The van der Waals surface area contributed by atoms with Crippen LogP contribution in [0.25, 0.3) is 10.9 Å². The Morgan fingerprint density at radius 3 is 2.16 bits per heavy atom. The van der Waals surface area contributed by atoms with Crippen molar-refractivity contribution < 1.29 is 34.2 Å². The molecular weight excluding hydrogens is 496 g/mol. The second kappa shape index (κ2) is 14.1. The summed E-state index contributed by atoms with van der Waals surface area (Å²) in [6.07, 6.45) is 1.80. The number of amides is 4. The lowest BCUT2D eigenvalue weighted by molar-refractivity contribution is -0.143. The molecule has 13 nitrogen and oxygen atoms in total. The maximum atomic E-state index is 13.3. The van der Waals surface area contributed by atoms with Gasteiger partial charge in [-0.05, 0) is 30.4 Å². The van der Waals surface area contributed by atoms with E-state index in [0.29, 0.717) is 5.56 Å². The number of carbonyl (C=O) groups is 5. The largest absolute Gasteiger partial charge is 0.480 e. The molecule has 1 aromatic heterocycles. The van der Waals surface area contributed by atoms with Crippen molar-refractivity contribution in [2.24, 2.45) is 17.4 Å². The zero-order chi connectivity index (χ0) is 28.4. The highest BCUT2D eigenvalue weighted by Crippen LogP contribution is 2.19. The van der Waals surface area contributed by atoms with Gasteiger partial charge in [-0.15, -0.1) is 0 Å². The van der Waals surface area contributed by atoms with Crippen LogP contribution in [0.2, 0.25) is 0 Å². The Hall–Kier alpha value is -3.97. The Bertz CT molecular complexity index is 1150. The molecule has 4 unspecified atom stereocenters. The lowest BCUT2D eigenvalue weighted by Crippen LogP contribution is -2.58. The first-order valence-corrected chi connectivity index (χ1v) is 12.3. The van der Waals surface area contributed by atoms with Crippen LogP contribution in [0.1, 0.15) is 38.7 Å². The number of aliphatic hydroxyl groups excluding tert-OH is 1. The average Bonchev–Trinajstić information content (AvgIpc) is 3.26. The molecule has 4 atom stereocenters. The normalized spacial score (nSPS) is 14.3. The fourth-order valence-electron chi connectivity index (χ4n) is 3.87. The topological polar surface area (TPSA) is 230 Å². The molecule has 0 bridgehead atoms. The molecule has 0 radical (unpaired) electrons. The van der Waals surface area contributed by atoms with Gasteiger partial charge in [-0.3, -0.25) is 19.2 Å². The Morgan fingerprint density at radius 2 is 1.55 bits per heavy atom. The lowest BCUT2D eigenvalue weighted by Gasteiger charge is -2.26. The average molecular weight is 533 g/mol. The van der Waals surface area contributed by atoms with E-state index in [-0.39, 0.29) is 31.6 Å². The van der Waals surface area contributed by atoms with E-state index in [0.717, 1.165) is 10.9 Å². The van der Waals surface area contributed by atoms with E-state index in [9.17, 15) is 34.2 Å². The van der Waals surface area contributed by atoms with Crippen LogP contribution in [-0.2, 0) is 30.4 Å². The smallest absolute Gasteiger partial charge is 0.328 e. The van der Waals surface area contributed by atoms with Gasteiger partial charge in [-0.25, -0.2) is 4.79 Å². The third kappa shape index (κ3) is 8.85. The van der Waals surface area contributed by atoms with Gasteiger partial charge < -0.3 is 42.6 Å². The fraction of sp³-hybridized carbons (Fsp3) is 0.480. The van der Waals surface area contributed by atoms with Crippen LogP contribution in [0.3, 0.4) is 0 Å². The SMILES string of the molecule is CC(C)CC(NC(=O)C(N)CCC(N)=O)C(=O)NC(Cc1c[nH]c2ccccc12)C(=O)NC(CO)C(=O)O. The number of benzene rings is 1. The molecule has 208 valence electrons. The van der Waals surface area contributed by atoms with E-state index >= 15 is 0 Å². The van der Waals surface area contributed by atoms with Crippen molar-refractivity contribution in [2.75, 3.05) is 6.61 Å². The van der Waals surface area contributed by atoms with Gasteiger partial charge in [0.25, 0.3) is 0 Å². The second-order valence-corrected chi connectivity index (χ2v) is 9.51. The zero-order valence-corrected chi connectivity index (χ0v) is 21.4. The summed E-state index contributed by atoms with van der Waals surface area (Å²) in [5.41, 5.74) is 12.4. The number of aliphatic carboxylic acids is 1. The van der Waals surface area contributed by atoms with E-state index < -0.39 is 60.4 Å². The van der Waals surface area contributed by atoms with Gasteiger partial charge in [-0.1, -0.05) is 32.0 Å². The molecule has 1 heterocycles. The highest BCUT2D eigenvalue weighted by atomic mass is 16.4. The van der Waals surface area contributed by atoms with Crippen LogP contribution in [0.4, 0.5) is 0 Å². The standard InChI is InChI=1S/C25H36N6O7/c1-13(2)9-18(29-22(34)16(26)7-8-21(27)33)23(35)30-19(24(36)31-20(12-32)25(37)38)10-14-11-28-17-6-4-3-5-15(14)17/h3-6,11,13,16,18-20,28,32H,7-10,12,26H2,1-2H3,(H2,27,33)(H,29,34)(H,30,35)(H,31,36)(H,37,38). The maximum Gasteiger partial charge on any atom is 0.328 e. The van der Waals surface area contributed by atoms with Crippen LogP contribution < -0.4 is 27.4 Å². The van der Waals surface area contributed by atoms with E-state index in [1.807, 2.05) is 38.1 Å². The van der Waals surface area contributed by atoms with Crippen LogP contribution in [0.5, 0.6) is 0 Å². The molecule has 38 heavy (non-hydrogen) atoms. The Labute approximate surface area is 219 Å². The number of primary amides is 1. The third-order valence-electron chi connectivity index (χ3n) is 5.91. The Balaban J connectivity index is 2.27. The lowest BCUT2D eigenvalue weighted by atomic mass is 10.00. The number of nitrogens with two attached hydrogens (primary N) is 2. The van der Waals surface area contributed by atoms with Gasteiger partial charge in [-0.2, -0.15) is 0 Å². The minimum Gasteiger partial charge on any atom is -0.480 e. The minimum absolute atomic E-state index is 0.000174. The number of hydrogen-bond acceptors (Lipinski definition) is 7. The van der Waals surface area contributed by atoms with Crippen molar-refractivity contribution in [3.63, 3.8) is 0 Å². The molecule has 13 heteroatoms. The van der Waals surface area contributed by atoms with E-state index in [4.69, 9.17) is 11.5 Å². The van der Waals surface area contributed by atoms with Crippen LogP contribution >= 0.6 is 0 Å². The summed E-state index contributed by atoms with van der Waals surface area (Å²) in [6, 6.07) is 2.39. The van der Waals surface area contributed by atoms with Crippen molar-refractivity contribution >= 4 is 40.5 Å². The molecule has 4 amide bonds. The van der Waals surface area contributed by atoms with Crippen molar-refractivity contribution in [2.45, 2.75) is 63.7 Å². The van der Waals surface area contributed by atoms with Crippen molar-refractivity contribution in [3.05, 3.63) is 36.0 Å². The molecule has 0 spiro atoms. The molecule has 0 saturated carbocycles. The van der Waals surface area contributed by atoms with Crippen LogP contribution in [-0.4, -0.2) is 75.6 Å². The summed E-state index contributed by atoms with van der Waals surface area (Å²) in [4.78, 5) is 64.4. The molecule has 0 aliphatic carbocycles. The summed E-state index contributed by atoms with van der Waals surface area (Å²) in [6.45, 7) is 2.84. The predicted octanol–water partition coefficient (Wildman–Crippen LogP) is -1.12. The van der Waals surface area contributed by atoms with E-state index in [2.05, 4.69) is 20.9 Å². The molecule has 0 saturated heterocycles. The van der Waals surface area contributed by atoms with E-state index in [1.165, 1.54) is 0 Å². The van der Waals surface area contributed by atoms with Gasteiger partial charge in [0.05, 0.1) is 12.6 Å². The number of hydrogen-bond donors (Lipinski definition) is 8. The number of aromatic amines is 1. The fourth-order valence-corrected chi connectivity index (χ4v) is 3.87. The highest BCUT2D eigenvalue weighted by Gasteiger charge is 2.31. The molecule has 0 aliphatic heterocycles. The van der Waals surface area contributed by atoms with Gasteiger partial charge >= 0.3 is 5.97 Å². The number of H-pyrrole nitrogens is 1. The van der Waals surface area contributed by atoms with Gasteiger partial charge in [0.15, 0.2) is 0 Å². The monoisotopic (exact) mass is 532 g/mol. The van der Waals surface area contributed by atoms with Crippen LogP contribution in [0.15, 0.2) is 30.5 Å². The summed E-state index contributed by atoms with van der Waals surface area (Å²) < 4.78 is 0. The first kappa shape index (κ1) is 30.3. The molecule has 2 rings (SSSR count). The van der Waals surface area contributed by atoms with Crippen molar-refractivity contribution in [1.29, 1.82) is 0 Å². The number of aromatic nitrogens is 1. The van der Waals surface area contributed by atoms with Gasteiger partial charge in [0, 0.05) is 29.9 Å². The predicted molar refractivity (Wildman–Crippen MR) is 138 cm³/mol. The summed E-state index contributed by atoms with van der Waals surface area (Å²) >= 11 is 0. The maximum absolute atomic E-state index is 13.3. The van der Waals surface area contributed by atoms with Crippen molar-refractivity contribution in [1.82, 2.24) is 20.9 Å². The Morgan fingerprint density at radius 1 is 0.947 bits per heavy atom. The summed E-state index contributed by atoms with van der Waals surface area (Å²) in [5.74, 6) is -4.23. The van der Waals surface area contributed by atoms with Crippen LogP contribution in [0, 0.1) is 5.92 Å². The van der Waals surface area contributed by atoms with Crippen molar-refractivity contribution in [3.8, 4) is 0 Å². The molecule has 10 N–H and O–H groups in total. The number of aliphatic hydroxyl groups is 1. The first-order chi connectivity index (χ1) is 17.9. The van der Waals surface area contributed by atoms with Gasteiger partial charge in [0.2, 0.25) is 23.6 Å². The summed E-state index contributed by atoms with van der Waals surface area (Å²) in [5, 5.41) is 26.8. The number of carboxylic acids is 1. The number of fused-ring (bicyclic) bond motifs is 1. The second-order valence-electron chi connectivity index (χ2n) is 9.51. The number of nitrogens with one attached hydrogen (secondary N) is 4. The zero-order valence-electron chi connectivity index (χ0n) is 21.4.